The highest BCUT2D eigenvalue weighted by Gasteiger charge is 2.12. The van der Waals surface area contributed by atoms with Crippen LogP contribution in [0.4, 0.5) is 8.78 Å². The van der Waals surface area contributed by atoms with Crippen LogP contribution in [0.25, 0.3) is 0 Å². The van der Waals surface area contributed by atoms with Crippen LogP contribution in [-0.4, -0.2) is 9.97 Å². The lowest BCUT2D eigenvalue weighted by Gasteiger charge is -2.05. The van der Waals surface area contributed by atoms with Gasteiger partial charge in [-0.1, -0.05) is 0 Å². The molecule has 0 aromatic carbocycles. The van der Waals surface area contributed by atoms with E-state index in [0.29, 0.717) is 0 Å². The minimum absolute atomic E-state index is 0.0720. The van der Waals surface area contributed by atoms with Crippen LogP contribution >= 0.6 is 0 Å². The van der Waals surface area contributed by atoms with Crippen molar-refractivity contribution in [3.8, 4) is 0 Å². The van der Waals surface area contributed by atoms with Crippen LogP contribution in [0, 0.1) is 0 Å². The molecule has 1 unspecified atom stereocenters. The minimum Gasteiger partial charge on any atom is -0.322 e. The van der Waals surface area contributed by atoms with E-state index in [-0.39, 0.29) is 5.82 Å². The van der Waals surface area contributed by atoms with Crippen LogP contribution in [0.3, 0.4) is 0 Å². The molecule has 0 radical (unpaired) electrons. The van der Waals surface area contributed by atoms with Crippen LogP contribution in [0.5, 0.6) is 0 Å². The van der Waals surface area contributed by atoms with Gasteiger partial charge in [-0.05, 0) is 6.92 Å². The van der Waals surface area contributed by atoms with Gasteiger partial charge < -0.3 is 10.7 Å². The number of nitrogens with zero attached hydrogens (tertiary/aromatic N) is 1. The SMILES string of the molecule is CC(N)c1nc(C(F)F)cc(=O)[nH]1. The van der Waals surface area contributed by atoms with Crippen molar-refractivity contribution >= 4 is 0 Å². The van der Waals surface area contributed by atoms with Crippen molar-refractivity contribution in [2.24, 2.45) is 5.73 Å². The van der Waals surface area contributed by atoms with Crippen molar-refractivity contribution in [1.82, 2.24) is 9.97 Å². The number of aromatic amines is 1. The van der Waals surface area contributed by atoms with E-state index in [4.69, 9.17) is 5.73 Å². The topological polar surface area (TPSA) is 71.8 Å². The number of aromatic nitrogens is 2. The maximum atomic E-state index is 12.1. The highest BCUT2D eigenvalue weighted by molar-refractivity contribution is 5.05. The van der Waals surface area contributed by atoms with Crippen molar-refractivity contribution in [2.45, 2.75) is 19.4 Å². The maximum absolute atomic E-state index is 12.1. The standard InChI is InChI=1S/C7H9F2N3O/c1-3(10)7-11-4(6(8)9)2-5(13)12-7/h2-3,6H,10H2,1H3,(H,11,12,13). The molecule has 3 N–H and O–H groups in total. The first-order valence-electron chi connectivity index (χ1n) is 3.65. The van der Waals surface area contributed by atoms with Crippen LogP contribution in [0.15, 0.2) is 10.9 Å². The Balaban J connectivity index is 3.19. The fourth-order valence-corrected chi connectivity index (χ4v) is 0.823. The Kier molecular flexibility index (Phi) is 2.72. The average Bonchev–Trinajstić information content (AvgIpc) is 2.03. The van der Waals surface area contributed by atoms with E-state index in [2.05, 4.69) is 9.97 Å². The van der Waals surface area contributed by atoms with E-state index >= 15 is 0 Å². The van der Waals surface area contributed by atoms with E-state index in [1.165, 1.54) is 0 Å². The van der Waals surface area contributed by atoms with Crippen LogP contribution < -0.4 is 11.3 Å². The third-order valence-electron chi connectivity index (χ3n) is 1.43. The fraction of sp³-hybridized carbons (Fsp3) is 0.429. The third-order valence-corrected chi connectivity index (χ3v) is 1.43. The molecular weight excluding hydrogens is 180 g/mol. The summed E-state index contributed by atoms with van der Waals surface area (Å²) in [6, 6.07) is 0.197. The summed E-state index contributed by atoms with van der Waals surface area (Å²) in [5.41, 5.74) is 4.22. The van der Waals surface area contributed by atoms with E-state index in [1.54, 1.807) is 6.92 Å². The number of nitrogens with one attached hydrogen (secondary N) is 1. The number of halogens is 2. The molecule has 4 nitrogen and oxygen atoms in total. The predicted molar refractivity (Wildman–Crippen MR) is 42.4 cm³/mol. The number of rotatable bonds is 2. The number of H-pyrrole nitrogens is 1. The van der Waals surface area contributed by atoms with Crippen LogP contribution in [-0.2, 0) is 0 Å². The molecule has 1 rings (SSSR count). The average molecular weight is 189 g/mol. The second-order valence-electron chi connectivity index (χ2n) is 2.64. The van der Waals surface area contributed by atoms with Gasteiger partial charge >= 0.3 is 0 Å². The van der Waals surface area contributed by atoms with Gasteiger partial charge in [0.05, 0.1) is 6.04 Å². The first kappa shape index (κ1) is 9.79. The molecule has 0 spiro atoms. The molecule has 0 bridgehead atoms. The lowest BCUT2D eigenvalue weighted by atomic mass is 10.3. The molecule has 1 aromatic rings. The van der Waals surface area contributed by atoms with Crippen molar-refractivity contribution in [3.05, 3.63) is 27.9 Å². The molecule has 1 aromatic heterocycles. The van der Waals surface area contributed by atoms with Gasteiger partial charge in [0, 0.05) is 6.07 Å². The normalized spacial score (nSPS) is 13.3. The van der Waals surface area contributed by atoms with E-state index in [1.807, 2.05) is 0 Å². The van der Waals surface area contributed by atoms with Crippen molar-refractivity contribution in [3.63, 3.8) is 0 Å². The summed E-state index contributed by atoms with van der Waals surface area (Å²) in [7, 11) is 0. The molecule has 0 aliphatic heterocycles. The molecule has 1 heterocycles. The van der Waals surface area contributed by atoms with Gasteiger partial charge in [0.15, 0.2) is 0 Å². The van der Waals surface area contributed by atoms with Gasteiger partial charge in [-0.25, -0.2) is 13.8 Å². The Morgan fingerprint density at radius 2 is 2.23 bits per heavy atom. The molecule has 0 amide bonds. The van der Waals surface area contributed by atoms with Crippen molar-refractivity contribution in [1.29, 1.82) is 0 Å². The second-order valence-corrected chi connectivity index (χ2v) is 2.64. The van der Waals surface area contributed by atoms with Gasteiger partial charge in [0.25, 0.3) is 12.0 Å². The summed E-state index contributed by atoms with van der Waals surface area (Å²) >= 11 is 0. The largest absolute Gasteiger partial charge is 0.322 e. The maximum Gasteiger partial charge on any atom is 0.280 e. The van der Waals surface area contributed by atoms with Crippen LogP contribution in [0.2, 0.25) is 0 Å². The van der Waals surface area contributed by atoms with Gasteiger partial charge in [0.2, 0.25) is 0 Å². The molecule has 1 atom stereocenters. The Morgan fingerprint density at radius 1 is 1.62 bits per heavy atom. The van der Waals surface area contributed by atoms with E-state index < -0.39 is 23.7 Å². The van der Waals surface area contributed by atoms with E-state index in [9.17, 15) is 13.6 Å². The van der Waals surface area contributed by atoms with Crippen molar-refractivity contribution < 1.29 is 8.78 Å². The quantitative estimate of drug-likeness (QED) is 0.720. The molecule has 0 saturated carbocycles. The Bertz CT molecular complexity index is 319. The lowest BCUT2D eigenvalue weighted by molar-refractivity contribution is 0.145. The predicted octanol–water partition coefficient (Wildman–Crippen LogP) is 0.727. The molecule has 0 saturated heterocycles. The molecule has 72 valence electrons. The molecular formula is C7H9F2N3O. The van der Waals surface area contributed by atoms with Crippen molar-refractivity contribution in [2.75, 3.05) is 0 Å². The Labute approximate surface area is 72.8 Å². The first-order valence-corrected chi connectivity index (χ1v) is 3.65. The highest BCUT2D eigenvalue weighted by Crippen LogP contribution is 2.14. The monoisotopic (exact) mass is 189 g/mol. The summed E-state index contributed by atoms with van der Waals surface area (Å²) in [6.45, 7) is 1.55. The zero-order valence-corrected chi connectivity index (χ0v) is 6.92. The Morgan fingerprint density at radius 3 is 2.69 bits per heavy atom. The molecule has 13 heavy (non-hydrogen) atoms. The molecule has 0 aliphatic carbocycles. The second kappa shape index (κ2) is 3.61. The summed E-state index contributed by atoms with van der Waals surface area (Å²) < 4.78 is 24.3. The van der Waals surface area contributed by atoms with Gasteiger partial charge in [-0.2, -0.15) is 0 Å². The zero-order valence-electron chi connectivity index (χ0n) is 6.92. The number of nitrogens with two attached hydrogens (primary N) is 1. The third kappa shape index (κ3) is 2.32. The Hall–Kier alpha value is -1.30. The van der Waals surface area contributed by atoms with Gasteiger partial charge in [-0.15, -0.1) is 0 Å². The summed E-state index contributed by atoms with van der Waals surface area (Å²) in [5.74, 6) is 0.0720. The number of alkyl halides is 2. The molecule has 6 heteroatoms. The van der Waals surface area contributed by atoms with E-state index in [0.717, 1.165) is 6.07 Å². The summed E-state index contributed by atoms with van der Waals surface area (Å²) in [5, 5.41) is 0. The van der Waals surface area contributed by atoms with Gasteiger partial charge in [-0.3, -0.25) is 4.79 Å². The fourth-order valence-electron chi connectivity index (χ4n) is 0.823. The molecule has 0 aliphatic rings. The van der Waals surface area contributed by atoms with Gasteiger partial charge in [0.1, 0.15) is 11.5 Å². The lowest BCUT2D eigenvalue weighted by Crippen LogP contribution is -2.18. The minimum atomic E-state index is -2.75. The zero-order chi connectivity index (χ0) is 10.0. The number of hydrogen-bond acceptors (Lipinski definition) is 3. The molecule has 0 fully saturated rings. The smallest absolute Gasteiger partial charge is 0.280 e. The number of hydrogen-bond donors (Lipinski definition) is 2. The summed E-state index contributed by atoms with van der Waals surface area (Å²) in [6.07, 6.45) is -2.75. The first-order chi connectivity index (χ1) is 6.00. The van der Waals surface area contributed by atoms with Crippen LogP contribution in [0.1, 0.15) is 30.9 Å². The summed E-state index contributed by atoms with van der Waals surface area (Å²) in [4.78, 5) is 16.6. The highest BCUT2D eigenvalue weighted by atomic mass is 19.3.